The normalized spacial score (nSPS) is 23.8. The molecule has 90 valence electrons. The molecule has 0 aliphatic heterocycles. The van der Waals surface area contributed by atoms with E-state index in [1.54, 1.807) is 0 Å². The third-order valence-corrected chi connectivity index (χ3v) is 3.17. The second kappa shape index (κ2) is 5.75. The Morgan fingerprint density at radius 1 is 1.20 bits per heavy atom. The Labute approximate surface area is 90.1 Å². The highest BCUT2D eigenvalue weighted by atomic mass is 19.3. The Morgan fingerprint density at radius 3 is 2.20 bits per heavy atom. The predicted molar refractivity (Wildman–Crippen MR) is 56.1 cm³/mol. The van der Waals surface area contributed by atoms with Crippen LogP contribution >= 0.6 is 0 Å². The van der Waals surface area contributed by atoms with Crippen molar-refractivity contribution in [3.05, 3.63) is 0 Å². The van der Waals surface area contributed by atoms with Crippen molar-refractivity contribution in [2.24, 2.45) is 0 Å². The summed E-state index contributed by atoms with van der Waals surface area (Å²) >= 11 is 0. The zero-order valence-corrected chi connectivity index (χ0v) is 9.31. The van der Waals surface area contributed by atoms with Crippen molar-refractivity contribution in [1.82, 2.24) is 5.32 Å². The molecule has 1 rings (SSSR count). The van der Waals surface area contributed by atoms with Crippen LogP contribution in [0.2, 0.25) is 0 Å². The van der Waals surface area contributed by atoms with Gasteiger partial charge in [-0.05, 0) is 19.8 Å². The first-order valence-electron chi connectivity index (χ1n) is 5.77. The topological polar surface area (TPSA) is 32.3 Å². The summed E-state index contributed by atoms with van der Waals surface area (Å²) in [6, 6.07) is -0.836. The van der Waals surface area contributed by atoms with E-state index in [2.05, 4.69) is 5.32 Å². The minimum absolute atomic E-state index is 0.290. The Balaban J connectivity index is 2.34. The summed E-state index contributed by atoms with van der Waals surface area (Å²) in [6.07, 6.45) is 3.40. The van der Waals surface area contributed by atoms with Gasteiger partial charge in [0.2, 0.25) is 0 Å². The third kappa shape index (κ3) is 4.43. The fourth-order valence-electron chi connectivity index (χ4n) is 2.00. The Hall–Kier alpha value is -0.220. The maximum Gasteiger partial charge on any atom is 0.253 e. The molecule has 0 amide bonds. The van der Waals surface area contributed by atoms with E-state index in [-0.39, 0.29) is 0 Å². The molecule has 0 saturated heterocycles. The molecule has 0 aromatic rings. The summed E-state index contributed by atoms with van der Waals surface area (Å²) in [5.74, 6) is 0. The fraction of sp³-hybridized carbons (Fsp3) is 1.00. The van der Waals surface area contributed by atoms with E-state index in [0.717, 1.165) is 38.5 Å². The summed E-state index contributed by atoms with van der Waals surface area (Å²) in [5, 5.41) is 12.9. The molecule has 1 unspecified atom stereocenters. The summed E-state index contributed by atoms with van der Waals surface area (Å²) in [5.41, 5.74) is -0.764. The van der Waals surface area contributed by atoms with Gasteiger partial charge in [0, 0.05) is 6.54 Å². The highest BCUT2D eigenvalue weighted by Crippen LogP contribution is 2.26. The molecule has 4 heteroatoms. The molecular formula is C11H21F2NO. The average molecular weight is 221 g/mol. The van der Waals surface area contributed by atoms with Crippen molar-refractivity contribution in [1.29, 1.82) is 0 Å². The van der Waals surface area contributed by atoms with Crippen molar-refractivity contribution < 1.29 is 13.9 Å². The Kier molecular flexibility index (Phi) is 4.93. The van der Waals surface area contributed by atoms with Gasteiger partial charge in [0.15, 0.2) is 0 Å². The monoisotopic (exact) mass is 221 g/mol. The molecule has 1 atom stereocenters. The third-order valence-electron chi connectivity index (χ3n) is 3.17. The molecule has 1 aliphatic carbocycles. The first kappa shape index (κ1) is 12.8. The molecule has 0 radical (unpaired) electrons. The van der Waals surface area contributed by atoms with Crippen molar-refractivity contribution in [3.8, 4) is 0 Å². The summed E-state index contributed by atoms with van der Waals surface area (Å²) in [6.45, 7) is 1.74. The molecule has 1 saturated carbocycles. The minimum Gasteiger partial charge on any atom is -0.389 e. The van der Waals surface area contributed by atoms with Crippen LogP contribution in [-0.4, -0.2) is 29.7 Å². The number of halogens is 2. The SMILES string of the molecule is CC(NCC1(O)CCCCCC1)C(F)F. The molecule has 0 aromatic carbocycles. The van der Waals surface area contributed by atoms with E-state index < -0.39 is 18.1 Å². The van der Waals surface area contributed by atoms with Gasteiger partial charge < -0.3 is 10.4 Å². The van der Waals surface area contributed by atoms with Crippen LogP contribution in [-0.2, 0) is 0 Å². The molecule has 0 heterocycles. The molecule has 2 N–H and O–H groups in total. The summed E-state index contributed by atoms with van der Waals surface area (Å²) < 4.78 is 24.5. The lowest BCUT2D eigenvalue weighted by Gasteiger charge is -2.28. The molecule has 0 aromatic heterocycles. The van der Waals surface area contributed by atoms with E-state index in [1.165, 1.54) is 6.92 Å². The number of hydrogen-bond donors (Lipinski definition) is 2. The van der Waals surface area contributed by atoms with Gasteiger partial charge in [-0.1, -0.05) is 25.7 Å². The first-order valence-corrected chi connectivity index (χ1v) is 5.77. The maximum atomic E-state index is 12.2. The zero-order valence-electron chi connectivity index (χ0n) is 9.31. The van der Waals surface area contributed by atoms with Crippen LogP contribution in [0.25, 0.3) is 0 Å². The molecule has 2 nitrogen and oxygen atoms in total. The van der Waals surface area contributed by atoms with Crippen molar-refractivity contribution in [2.75, 3.05) is 6.54 Å². The molecule has 0 bridgehead atoms. The van der Waals surface area contributed by atoms with E-state index in [4.69, 9.17) is 0 Å². The van der Waals surface area contributed by atoms with Crippen molar-refractivity contribution >= 4 is 0 Å². The minimum atomic E-state index is -2.36. The quantitative estimate of drug-likeness (QED) is 0.714. The maximum absolute atomic E-state index is 12.2. The smallest absolute Gasteiger partial charge is 0.253 e. The Morgan fingerprint density at radius 2 is 1.73 bits per heavy atom. The molecule has 15 heavy (non-hydrogen) atoms. The van der Waals surface area contributed by atoms with Crippen molar-refractivity contribution in [3.63, 3.8) is 0 Å². The van der Waals surface area contributed by atoms with Gasteiger partial charge in [-0.3, -0.25) is 0 Å². The van der Waals surface area contributed by atoms with E-state index in [9.17, 15) is 13.9 Å². The number of hydrogen-bond acceptors (Lipinski definition) is 2. The van der Waals surface area contributed by atoms with E-state index in [1.807, 2.05) is 0 Å². The second-order valence-electron chi connectivity index (χ2n) is 4.64. The van der Waals surface area contributed by atoms with E-state index in [0.29, 0.717) is 6.54 Å². The lowest BCUT2D eigenvalue weighted by molar-refractivity contribution is 0.0140. The summed E-state index contributed by atoms with van der Waals surface area (Å²) in [4.78, 5) is 0. The van der Waals surface area contributed by atoms with E-state index >= 15 is 0 Å². The fourth-order valence-corrected chi connectivity index (χ4v) is 2.00. The number of nitrogens with one attached hydrogen (secondary N) is 1. The first-order chi connectivity index (χ1) is 7.03. The molecule has 1 aliphatic rings. The summed E-state index contributed by atoms with van der Waals surface area (Å²) in [7, 11) is 0. The van der Waals surface area contributed by atoms with Gasteiger partial charge in [-0.15, -0.1) is 0 Å². The highest BCUT2D eigenvalue weighted by Gasteiger charge is 2.29. The zero-order chi connectivity index (χ0) is 11.3. The van der Waals surface area contributed by atoms with Crippen LogP contribution in [0.4, 0.5) is 8.78 Å². The van der Waals surface area contributed by atoms with Crippen LogP contribution < -0.4 is 5.32 Å². The van der Waals surface area contributed by atoms with Gasteiger partial charge in [-0.25, -0.2) is 8.78 Å². The molecule has 1 fully saturated rings. The van der Waals surface area contributed by atoms with Crippen LogP contribution in [0.5, 0.6) is 0 Å². The van der Waals surface area contributed by atoms with Gasteiger partial charge in [-0.2, -0.15) is 0 Å². The number of aliphatic hydroxyl groups is 1. The number of alkyl halides is 2. The largest absolute Gasteiger partial charge is 0.389 e. The highest BCUT2D eigenvalue weighted by molar-refractivity contribution is 4.84. The molecule has 0 spiro atoms. The van der Waals surface area contributed by atoms with Crippen LogP contribution in [0.3, 0.4) is 0 Å². The average Bonchev–Trinajstić information content (AvgIpc) is 2.40. The second-order valence-corrected chi connectivity index (χ2v) is 4.64. The molecular weight excluding hydrogens is 200 g/mol. The van der Waals surface area contributed by atoms with Crippen LogP contribution in [0.15, 0.2) is 0 Å². The van der Waals surface area contributed by atoms with Gasteiger partial charge >= 0.3 is 0 Å². The Bertz CT molecular complexity index is 179. The predicted octanol–water partition coefficient (Wildman–Crippen LogP) is 2.31. The number of rotatable bonds is 4. The van der Waals surface area contributed by atoms with Gasteiger partial charge in [0.25, 0.3) is 6.43 Å². The lowest BCUT2D eigenvalue weighted by Crippen LogP contribution is -2.45. The van der Waals surface area contributed by atoms with Crippen LogP contribution in [0, 0.1) is 0 Å². The van der Waals surface area contributed by atoms with Crippen molar-refractivity contribution in [2.45, 2.75) is 63.5 Å². The van der Waals surface area contributed by atoms with Gasteiger partial charge in [0.1, 0.15) is 0 Å². The van der Waals surface area contributed by atoms with Gasteiger partial charge in [0.05, 0.1) is 11.6 Å². The standard InChI is InChI=1S/C11H21F2NO/c1-9(10(12)13)14-8-11(15)6-4-2-3-5-7-11/h9-10,14-15H,2-8H2,1H3. The van der Waals surface area contributed by atoms with Crippen LogP contribution in [0.1, 0.15) is 45.4 Å². The lowest BCUT2D eigenvalue weighted by atomic mass is 9.94.